The Morgan fingerprint density at radius 2 is 2.00 bits per heavy atom. The SMILES string of the molecule is NC1(N)NCc2ccccc21. The molecule has 1 aromatic carbocycles. The fourth-order valence-corrected chi connectivity index (χ4v) is 1.41. The Morgan fingerprint density at radius 1 is 1.27 bits per heavy atom. The van der Waals surface area contributed by atoms with Gasteiger partial charge in [0.05, 0.1) is 0 Å². The molecule has 3 heteroatoms. The molecule has 5 N–H and O–H groups in total. The van der Waals surface area contributed by atoms with E-state index in [1.54, 1.807) is 0 Å². The van der Waals surface area contributed by atoms with Crippen molar-refractivity contribution >= 4 is 0 Å². The Kier molecular flexibility index (Phi) is 1.26. The summed E-state index contributed by atoms with van der Waals surface area (Å²) in [4.78, 5) is 0. The fourth-order valence-electron chi connectivity index (χ4n) is 1.41. The van der Waals surface area contributed by atoms with Crippen molar-refractivity contribution in [3.63, 3.8) is 0 Å². The number of benzene rings is 1. The molecule has 58 valence electrons. The van der Waals surface area contributed by atoms with Crippen LogP contribution in [0, 0.1) is 0 Å². The average molecular weight is 149 g/mol. The van der Waals surface area contributed by atoms with Gasteiger partial charge in [0.15, 0.2) is 0 Å². The zero-order chi connectivity index (χ0) is 7.90. The van der Waals surface area contributed by atoms with Crippen LogP contribution in [0.1, 0.15) is 11.1 Å². The van der Waals surface area contributed by atoms with Crippen LogP contribution in [0.15, 0.2) is 24.3 Å². The summed E-state index contributed by atoms with van der Waals surface area (Å²) in [5.74, 6) is -0.823. The highest BCUT2D eigenvalue weighted by Gasteiger charge is 2.29. The minimum absolute atomic E-state index is 0.767. The largest absolute Gasteiger partial charge is 0.297 e. The first-order valence-electron chi connectivity index (χ1n) is 3.61. The summed E-state index contributed by atoms with van der Waals surface area (Å²) in [5.41, 5.74) is 13.7. The molecule has 0 atom stereocenters. The maximum Gasteiger partial charge on any atom is 0.146 e. The second kappa shape index (κ2) is 2.04. The third-order valence-electron chi connectivity index (χ3n) is 2.03. The molecule has 0 bridgehead atoms. The molecule has 0 aromatic heterocycles. The van der Waals surface area contributed by atoms with Crippen LogP contribution in [0.3, 0.4) is 0 Å². The van der Waals surface area contributed by atoms with Crippen LogP contribution >= 0.6 is 0 Å². The monoisotopic (exact) mass is 149 g/mol. The van der Waals surface area contributed by atoms with Gasteiger partial charge in [-0.05, 0) is 5.56 Å². The highest BCUT2D eigenvalue weighted by atomic mass is 15.2. The second-order valence-corrected chi connectivity index (χ2v) is 2.88. The Bertz CT molecular complexity index is 280. The Labute approximate surface area is 65.4 Å². The molecule has 11 heavy (non-hydrogen) atoms. The average Bonchev–Trinajstić information content (AvgIpc) is 2.29. The first-order valence-corrected chi connectivity index (χ1v) is 3.61. The molecule has 1 heterocycles. The molecule has 0 fully saturated rings. The van der Waals surface area contributed by atoms with Crippen LogP contribution in [0.2, 0.25) is 0 Å². The molecule has 1 aromatic rings. The van der Waals surface area contributed by atoms with E-state index in [1.807, 2.05) is 24.3 Å². The normalized spacial score (nSPS) is 19.8. The number of fused-ring (bicyclic) bond motifs is 1. The predicted molar refractivity (Wildman–Crippen MR) is 43.3 cm³/mol. The van der Waals surface area contributed by atoms with Gasteiger partial charge in [-0.2, -0.15) is 0 Å². The van der Waals surface area contributed by atoms with Crippen LogP contribution in [-0.2, 0) is 12.3 Å². The first-order chi connectivity index (χ1) is 5.20. The van der Waals surface area contributed by atoms with Crippen molar-refractivity contribution < 1.29 is 0 Å². The summed E-state index contributed by atoms with van der Waals surface area (Å²) < 4.78 is 0. The molecule has 0 unspecified atom stereocenters. The summed E-state index contributed by atoms with van der Waals surface area (Å²) in [6.45, 7) is 0.767. The van der Waals surface area contributed by atoms with Crippen molar-refractivity contribution in [3.05, 3.63) is 35.4 Å². The number of nitrogens with one attached hydrogen (secondary N) is 1. The molecule has 0 spiro atoms. The quantitative estimate of drug-likeness (QED) is 0.448. The minimum atomic E-state index is -0.823. The summed E-state index contributed by atoms with van der Waals surface area (Å²) in [5, 5.41) is 3.02. The van der Waals surface area contributed by atoms with E-state index in [4.69, 9.17) is 11.5 Å². The van der Waals surface area contributed by atoms with Crippen molar-refractivity contribution in [2.45, 2.75) is 12.3 Å². The van der Waals surface area contributed by atoms with Crippen molar-refractivity contribution in [1.82, 2.24) is 5.32 Å². The summed E-state index contributed by atoms with van der Waals surface area (Å²) >= 11 is 0. The molecule has 0 radical (unpaired) electrons. The molecule has 0 saturated carbocycles. The van der Waals surface area contributed by atoms with Gasteiger partial charge >= 0.3 is 0 Å². The Hall–Kier alpha value is -0.900. The third-order valence-corrected chi connectivity index (χ3v) is 2.03. The predicted octanol–water partition coefficient (Wildman–Crippen LogP) is -0.182. The van der Waals surface area contributed by atoms with Crippen LogP contribution in [-0.4, -0.2) is 0 Å². The number of hydrogen-bond donors (Lipinski definition) is 3. The van der Waals surface area contributed by atoms with Gasteiger partial charge in [-0.1, -0.05) is 24.3 Å². The van der Waals surface area contributed by atoms with E-state index in [1.165, 1.54) is 5.56 Å². The van der Waals surface area contributed by atoms with E-state index < -0.39 is 5.79 Å². The lowest BCUT2D eigenvalue weighted by Crippen LogP contribution is -2.53. The summed E-state index contributed by atoms with van der Waals surface area (Å²) in [7, 11) is 0. The van der Waals surface area contributed by atoms with E-state index in [0.717, 1.165) is 12.1 Å². The van der Waals surface area contributed by atoms with Gasteiger partial charge in [0, 0.05) is 12.1 Å². The van der Waals surface area contributed by atoms with E-state index in [-0.39, 0.29) is 0 Å². The highest BCUT2D eigenvalue weighted by molar-refractivity contribution is 5.35. The second-order valence-electron chi connectivity index (χ2n) is 2.88. The molecule has 2 rings (SSSR count). The first kappa shape index (κ1) is 6.79. The van der Waals surface area contributed by atoms with Gasteiger partial charge < -0.3 is 0 Å². The van der Waals surface area contributed by atoms with Gasteiger partial charge in [0.1, 0.15) is 5.79 Å². The van der Waals surface area contributed by atoms with Gasteiger partial charge in [0.2, 0.25) is 0 Å². The van der Waals surface area contributed by atoms with Crippen LogP contribution in [0.25, 0.3) is 0 Å². The summed E-state index contributed by atoms with van der Waals surface area (Å²) in [6.07, 6.45) is 0. The fraction of sp³-hybridized carbons (Fsp3) is 0.250. The molecule has 0 aliphatic carbocycles. The van der Waals surface area contributed by atoms with E-state index in [2.05, 4.69) is 5.32 Å². The molecule has 0 amide bonds. The molecular formula is C8H11N3. The Morgan fingerprint density at radius 3 is 2.73 bits per heavy atom. The zero-order valence-electron chi connectivity index (χ0n) is 6.17. The van der Waals surface area contributed by atoms with E-state index in [0.29, 0.717) is 0 Å². The van der Waals surface area contributed by atoms with Gasteiger partial charge in [-0.3, -0.25) is 16.8 Å². The van der Waals surface area contributed by atoms with Crippen LogP contribution < -0.4 is 16.8 Å². The maximum atomic E-state index is 5.76. The van der Waals surface area contributed by atoms with Crippen LogP contribution in [0.4, 0.5) is 0 Å². The van der Waals surface area contributed by atoms with Crippen LogP contribution in [0.5, 0.6) is 0 Å². The zero-order valence-corrected chi connectivity index (χ0v) is 6.17. The van der Waals surface area contributed by atoms with Gasteiger partial charge in [-0.15, -0.1) is 0 Å². The van der Waals surface area contributed by atoms with E-state index in [9.17, 15) is 0 Å². The highest BCUT2D eigenvalue weighted by Crippen LogP contribution is 2.21. The standard InChI is InChI=1S/C8H11N3/c9-8(10)7-4-2-1-3-6(7)5-11-8/h1-4,11H,5,9-10H2. The smallest absolute Gasteiger partial charge is 0.146 e. The molecule has 1 aliphatic heterocycles. The minimum Gasteiger partial charge on any atom is -0.297 e. The van der Waals surface area contributed by atoms with Gasteiger partial charge in [0.25, 0.3) is 0 Å². The van der Waals surface area contributed by atoms with Gasteiger partial charge in [-0.25, -0.2) is 0 Å². The number of rotatable bonds is 0. The third kappa shape index (κ3) is 0.939. The summed E-state index contributed by atoms with van der Waals surface area (Å²) in [6, 6.07) is 7.92. The van der Waals surface area contributed by atoms with Crippen molar-refractivity contribution in [3.8, 4) is 0 Å². The molecule has 0 saturated heterocycles. The van der Waals surface area contributed by atoms with E-state index >= 15 is 0 Å². The lowest BCUT2D eigenvalue weighted by molar-refractivity contribution is 0.392. The lowest BCUT2D eigenvalue weighted by atomic mass is 10.1. The molecular weight excluding hydrogens is 138 g/mol. The number of hydrogen-bond acceptors (Lipinski definition) is 3. The Balaban J connectivity index is 2.56. The lowest BCUT2D eigenvalue weighted by Gasteiger charge is -2.18. The van der Waals surface area contributed by atoms with Crippen molar-refractivity contribution in [2.24, 2.45) is 11.5 Å². The molecule has 3 nitrogen and oxygen atoms in total. The van der Waals surface area contributed by atoms with Crippen molar-refractivity contribution in [1.29, 1.82) is 0 Å². The maximum absolute atomic E-state index is 5.76. The van der Waals surface area contributed by atoms with Crippen molar-refractivity contribution in [2.75, 3.05) is 0 Å². The topological polar surface area (TPSA) is 64.1 Å². The molecule has 1 aliphatic rings. The number of nitrogens with two attached hydrogens (primary N) is 2.